The van der Waals surface area contributed by atoms with Crippen LogP contribution in [0.5, 0.6) is 0 Å². The Kier molecular flexibility index (Phi) is 3.04. The fraction of sp³-hybridized carbons (Fsp3) is 0.714. The number of hydrogen-bond donors (Lipinski definition) is 3. The van der Waals surface area contributed by atoms with Crippen LogP contribution in [0, 0.1) is 0 Å². The lowest BCUT2D eigenvalue weighted by molar-refractivity contribution is -0.164. The number of carbonyl (C=O) groups is 2. The Labute approximate surface area is 78.9 Å². The van der Waals surface area contributed by atoms with Gasteiger partial charge in [0.25, 0.3) is 0 Å². The summed E-state index contributed by atoms with van der Waals surface area (Å²) in [5.41, 5.74) is 0. The van der Waals surface area contributed by atoms with E-state index in [1.807, 2.05) is 0 Å². The van der Waals surface area contributed by atoms with Gasteiger partial charge in [0.05, 0.1) is 7.11 Å². The molecule has 0 radical (unpaired) electrons. The number of rotatable bonds is 2. The van der Waals surface area contributed by atoms with Crippen molar-refractivity contribution in [2.75, 3.05) is 7.11 Å². The van der Waals surface area contributed by atoms with Gasteiger partial charge < -0.3 is 24.8 Å². The quantitative estimate of drug-likeness (QED) is 0.417. The Bertz CT molecular complexity index is 250. The maximum Gasteiger partial charge on any atom is 0.338 e. The molecule has 4 atom stereocenters. The van der Waals surface area contributed by atoms with Crippen molar-refractivity contribution in [2.45, 2.75) is 24.4 Å². The van der Waals surface area contributed by atoms with Crippen molar-refractivity contribution in [1.29, 1.82) is 0 Å². The zero-order valence-electron chi connectivity index (χ0n) is 7.28. The molecule has 1 heterocycles. The van der Waals surface area contributed by atoms with E-state index < -0.39 is 36.4 Å². The van der Waals surface area contributed by atoms with Gasteiger partial charge in [0.2, 0.25) is 0 Å². The fourth-order valence-corrected chi connectivity index (χ4v) is 1.10. The second kappa shape index (κ2) is 3.91. The van der Waals surface area contributed by atoms with E-state index in [2.05, 4.69) is 9.47 Å². The molecule has 1 rings (SSSR count). The Balaban J connectivity index is 2.71. The molecule has 1 aliphatic heterocycles. The minimum atomic E-state index is -1.80. The first kappa shape index (κ1) is 10.9. The van der Waals surface area contributed by atoms with Crippen molar-refractivity contribution in [3.05, 3.63) is 0 Å². The number of esters is 2. The number of hydrogen-bond acceptors (Lipinski definition) is 7. The van der Waals surface area contributed by atoms with Gasteiger partial charge in [-0.05, 0) is 0 Å². The van der Waals surface area contributed by atoms with Gasteiger partial charge in [-0.15, -0.1) is 0 Å². The SMILES string of the molecule is COC(=O)[C@H](O)[C@H]1OC(=O)[C@H](O)[C@H]1O. The Morgan fingerprint density at radius 1 is 1.57 bits per heavy atom. The van der Waals surface area contributed by atoms with E-state index in [-0.39, 0.29) is 0 Å². The zero-order chi connectivity index (χ0) is 10.9. The Hall–Kier alpha value is -1.18. The average molecular weight is 206 g/mol. The van der Waals surface area contributed by atoms with Crippen molar-refractivity contribution in [3.63, 3.8) is 0 Å². The molecule has 14 heavy (non-hydrogen) atoms. The summed E-state index contributed by atoms with van der Waals surface area (Å²) in [6, 6.07) is 0. The largest absolute Gasteiger partial charge is 0.467 e. The van der Waals surface area contributed by atoms with Gasteiger partial charge in [-0.1, -0.05) is 0 Å². The molecular formula is C7H10O7. The van der Waals surface area contributed by atoms with Crippen LogP contribution < -0.4 is 0 Å². The molecule has 7 heteroatoms. The van der Waals surface area contributed by atoms with Crippen molar-refractivity contribution in [1.82, 2.24) is 0 Å². The maximum absolute atomic E-state index is 10.8. The lowest BCUT2D eigenvalue weighted by Crippen LogP contribution is -2.43. The fourth-order valence-electron chi connectivity index (χ4n) is 1.10. The van der Waals surface area contributed by atoms with Gasteiger partial charge in [0.1, 0.15) is 6.10 Å². The summed E-state index contributed by atoms with van der Waals surface area (Å²) in [6.45, 7) is 0. The van der Waals surface area contributed by atoms with Crippen LogP contribution in [0.3, 0.4) is 0 Å². The van der Waals surface area contributed by atoms with Crippen LogP contribution in [-0.4, -0.2) is 58.8 Å². The second-order valence-electron chi connectivity index (χ2n) is 2.80. The van der Waals surface area contributed by atoms with Crippen LogP contribution >= 0.6 is 0 Å². The van der Waals surface area contributed by atoms with Crippen LogP contribution in [0.15, 0.2) is 0 Å². The number of aliphatic hydroxyl groups is 3. The number of aliphatic hydroxyl groups excluding tert-OH is 3. The molecule has 0 amide bonds. The molecule has 1 fully saturated rings. The topological polar surface area (TPSA) is 113 Å². The highest BCUT2D eigenvalue weighted by molar-refractivity contribution is 5.81. The van der Waals surface area contributed by atoms with Crippen LogP contribution in [0.25, 0.3) is 0 Å². The van der Waals surface area contributed by atoms with Crippen LogP contribution in [0.1, 0.15) is 0 Å². The van der Waals surface area contributed by atoms with E-state index in [0.717, 1.165) is 7.11 Å². The van der Waals surface area contributed by atoms with Crippen molar-refractivity contribution in [3.8, 4) is 0 Å². The van der Waals surface area contributed by atoms with Gasteiger partial charge in [-0.2, -0.15) is 0 Å². The summed E-state index contributed by atoms with van der Waals surface area (Å²) < 4.78 is 8.55. The van der Waals surface area contributed by atoms with E-state index in [1.54, 1.807) is 0 Å². The molecule has 0 aromatic rings. The van der Waals surface area contributed by atoms with Crippen molar-refractivity contribution >= 4 is 11.9 Å². The molecule has 0 saturated carbocycles. The molecule has 80 valence electrons. The summed E-state index contributed by atoms with van der Waals surface area (Å²) in [4.78, 5) is 21.5. The van der Waals surface area contributed by atoms with Crippen molar-refractivity contribution < 1.29 is 34.4 Å². The Morgan fingerprint density at radius 2 is 2.14 bits per heavy atom. The minimum Gasteiger partial charge on any atom is -0.467 e. The average Bonchev–Trinajstić information content (AvgIpc) is 2.43. The van der Waals surface area contributed by atoms with E-state index in [1.165, 1.54) is 0 Å². The molecule has 0 bridgehead atoms. The smallest absolute Gasteiger partial charge is 0.338 e. The van der Waals surface area contributed by atoms with E-state index >= 15 is 0 Å². The predicted octanol–water partition coefficient (Wildman–Crippen LogP) is -2.83. The van der Waals surface area contributed by atoms with Gasteiger partial charge in [0.15, 0.2) is 18.3 Å². The first-order chi connectivity index (χ1) is 6.49. The van der Waals surface area contributed by atoms with Crippen LogP contribution in [0.4, 0.5) is 0 Å². The van der Waals surface area contributed by atoms with Crippen LogP contribution in [0.2, 0.25) is 0 Å². The molecule has 3 N–H and O–H groups in total. The molecule has 0 spiro atoms. The molecular weight excluding hydrogens is 196 g/mol. The molecule has 1 saturated heterocycles. The monoisotopic (exact) mass is 206 g/mol. The number of methoxy groups -OCH3 is 1. The summed E-state index contributed by atoms with van der Waals surface area (Å²) in [5, 5.41) is 27.3. The summed E-state index contributed by atoms with van der Waals surface area (Å²) in [7, 11) is 1.03. The van der Waals surface area contributed by atoms with Gasteiger partial charge in [-0.25, -0.2) is 9.59 Å². The van der Waals surface area contributed by atoms with Crippen molar-refractivity contribution in [2.24, 2.45) is 0 Å². The van der Waals surface area contributed by atoms with E-state index in [4.69, 9.17) is 5.11 Å². The standard InChI is InChI=1S/C7H10O7/c1-13-6(11)4(10)5-2(8)3(9)7(12)14-5/h2-5,8-10H,1H3/t2-,3-,4-,5+/m1/s1. The zero-order valence-corrected chi connectivity index (χ0v) is 7.28. The first-order valence-corrected chi connectivity index (χ1v) is 3.81. The maximum atomic E-state index is 10.8. The highest BCUT2D eigenvalue weighted by Gasteiger charge is 2.48. The molecule has 0 aliphatic carbocycles. The lowest BCUT2D eigenvalue weighted by Gasteiger charge is -2.17. The van der Waals surface area contributed by atoms with E-state index in [9.17, 15) is 19.8 Å². The van der Waals surface area contributed by atoms with Gasteiger partial charge in [0, 0.05) is 0 Å². The molecule has 7 nitrogen and oxygen atoms in total. The van der Waals surface area contributed by atoms with E-state index in [0.29, 0.717) is 0 Å². The Morgan fingerprint density at radius 3 is 2.50 bits per heavy atom. The second-order valence-corrected chi connectivity index (χ2v) is 2.80. The summed E-state index contributed by atoms with van der Waals surface area (Å²) in [6.07, 6.45) is -6.64. The number of ether oxygens (including phenoxy) is 2. The minimum absolute atomic E-state index is 1.03. The summed E-state index contributed by atoms with van der Waals surface area (Å²) in [5.74, 6) is -2.12. The third-order valence-electron chi connectivity index (χ3n) is 1.91. The van der Waals surface area contributed by atoms with Gasteiger partial charge in [-0.3, -0.25) is 0 Å². The molecule has 1 aliphatic rings. The lowest BCUT2D eigenvalue weighted by atomic mass is 10.1. The number of cyclic esters (lactones) is 1. The number of carbonyl (C=O) groups excluding carboxylic acids is 2. The first-order valence-electron chi connectivity index (χ1n) is 3.81. The summed E-state index contributed by atoms with van der Waals surface area (Å²) >= 11 is 0. The highest BCUT2D eigenvalue weighted by Crippen LogP contribution is 2.19. The third kappa shape index (κ3) is 1.69. The molecule has 0 aromatic carbocycles. The predicted molar refractivity (Wildman–Crippen MR) is 39.9 cm³/mol. The molecule has 0 aromatic heterocycles. The normalized spacial score (nSPS) is 33.7. The molecule has 0 unspecified atom stereocenters. The van der Waals surface area contributed by atoms with Gasteiger partial charge >= 0.3 is 11.9 Å². The van der Waals surface area contributed by atoms with Crippen LogP contribution in [-0.2, 0) is 19.1 Å². The third-order valence-corrected chi connectivity index (χ3v) is 1.91. The highest BCUT2D eigenvalue weighted by atomic mass is 16.6.